The normalized spacial score (nSPS) is 11.8. The zero-order valence-electron chi connectivity index (χ0n) is 17.0. The highest BCUT2D eigenvalue weighted by Crippen LogP contribution is 2.32. The topological polar surface area (TPSA) is 77.1 Å². The Kier molecular flexibility index (Phi) is 5.00. The summed E-state index contributed by atoms with van der Waals surface area (Å²) < 4.78 is 43.5. The second-order valence-electron chi connectivity index (χ2n) is 7.29. The molecule has 1 N–H and O–H groups in total. The molecule has 0 radical (unpaired) electrons. The van der Waals surface area contributed by atoms with Crippen LogP contribution in [0.15, 0.2) is 42.6 Å². The van der Waals surface area contributed by atoms with Gasteiger partial charge in [0.2, 0.25) is 0 Å². The number of carbonyl (C=O) groups excluding carboxylic acids is 1. The smallest absolute Gasteiger partial charge is 0.345 e. The molecule has 0 spiro atoms. The lowest BCUT2D eigenvalue weighted by Crippen LogP contribution is -2.23. The van der Waals surface area contributed by atoms with Crippen molar-refractivity contribution in [1.82, 2.24) is 29.7 Å². The number of aromatic nitrogens is 5. The number of halogens is 3. The number of benzene rings is 1. The van der Waals surface area contributed by atoms with Crippen LogP contribution in [0.25, 0.3) is 16.9 Å². The van der Waals surface area contributed by atoms with Crippen molar-refractivity contribution in [1.29, 1.82) is 0 Å². The van der Waals surface area contributed by atoms with E-state index in [1.165, 1.54) is 6.07 Å². The molecule has 3 aromatic heterocycles. The molecule has 0 saturated carbocycles. The van der Waals surface area contributed by atoms with Crippen LogP contribution in [0.3, 0.4) is 0 Å². The first-order chi connectivity index (χ1) is 14.6. The van der Waals surface area contributed by atoms with Crippen LogP contribution in [0.4, 0.5) is 13.2 Å². The van der Waals surface area contributed by atoms with E-state index in [4.69, 9.17) is 0 Å². The Hall–Kier alpha value is -3.69. The molecule has 0 bridgehead atoms. The quantitative estimate of drug-likeness (QED) is 0.538. The summed E-state index contributed by atoms with van der Waals surface area (Å²) >= 11 is 0. The molecule has 1 amide bonds. The van der Waals surface area contributed by atoms with Crippen molar-refractivity contribution in [3.63, 3.8) is 0 Å². The van der Waals surface area contributed by atoms with Crippen LogP contribution in [0.5, 0.6) is 0 Å². The fraction of sp³-hybridized carbons (Fsp3) is 0.238. The van der Waals surface area contributed by atoms with E-state index in [1.54, 1.807) is 36.1 Å². The van der Waals surface area contributed by atoms with Crippen LogP contribution in [0.2, 0.25) is 0 Å². The number of rotatable bonds is 4. The van der Waals surface area contributed by atoms with E-state index in [0.29, 0.717) is 15.8 Å². The zero-order chi connectivity index (χ0) is 22.3. The van der Waals surface area contributed by atoms with Crippen molar-refractivity contribution in [2.24, 2.45) is 7.05 Å². The van der Waals surface area contributed by atoms with Gasteiger partial charge in [0.15, 0.2) is 17.0 Å². The van der Waals surface area contributed by atoms with Crippen molar-refractivity contribution >= 4 is 11.6 Å². The summed E-state index contributed by atoms with van der Waals surface area (Å²) in [5.41, 5.74) is 2.06. The molecular weight excluding hydrogens is 409 g/mol. The highest BCUT2D eigenvalue weighted by molar-refractivity contribution is 5.93. The molecule has 0 atom stereocenters. The van der Waals surface area contributed by atoms with E-state index in [9.17, 15) is 18.0 Å². The van der Waals surface area contributed by atoms with Gasteiger partial charge in [0, 0.05) is 24.9 Å². The standard InChI is InChI=1S/C21H19F3N6O/c1-12-4-5-14(8-13(12)2)16-9-18(21(22,23)24)30-19(26-16)10-17(28-30)20(31)25-11-15-6-7-29(3)27-15/h4-10H,11H2,1-3H3,(H,25,31). The second-order valence-corrected chi connectivity index (χ2v) is 7.29. The summed E-state index contributed by atoms with van der Waals surface area (Å²) in [5.74, 6) is -0.614. The summed E-state index contributed by atoms with van der Waals surface area (Å²) in [6, 6.07) is 9.25. The van der Waals surface area contributed by atoms with Gasteiger partial charge in [-0.1, -0.05) is 12.1 Å². The maximum Gasteiger partial charge on any atom is 0.433 e. The van der Waals surface area contributed by atoms with Gasteiger partial charge in [0.25, 0.3) is 5.91 Å². The largest absolute Gasteiger partial charge is 0.433 e. The van der Waals surface area contributed by atoms with E-state index in [-0.39, 0.29) is 23.6 Å². The van der Waals surface area contributed by atoms with Gasteiger partial charge in [-0.25, -0.2) is 9.50 Å². The van der Waals surface area contributed by atoms with E-state index in [1.807, 2.05) is 19.9 Å². The molecule has 4 rings (SSSR count). The third kappa shape index (κ3) is 4.14. The highest BCUT2D eigenvalue weighted by Gasteiger charge is 2.35. The molecule has 0 aliphatic rings. The van der Waals surface area contributed by atoms with Crippen LogP contribution >= 0.6 is 0 Å². The van der Waals surface area contributed by atoms with Gasteiger partial charge >= 0.3 is 6.18 Å². The molecular formula is C21H19F3N6O. The number of nitrogens with one attached hydrogen (secondary N) is 1. The maximum absolute atomic E-state index is 13.7. The molecule has 1 aromatic carbocycles. The average Bonchev–Trinajstić information content (AvgIpc) is 3.32. The Balaban J connectivity index is 1.73. The van der Waals surface area contributed by atoms with E-state index in [2.05, 4.69) is 20.5 Å². The number of hydrogen-bond donors (Lipinski definition) is 1. The van der Waals surface area contributed by atoms with E-state index < -0.39 is 17.8 Å². The van der Waals surface area contributed by atoms with Crippen LogP contribution in [0.1, 0.15) is 33.0 Å². The number of carbonyl (C=O) groups is 1. The maximum atomic E-state index is 13.7. The SMILES string of the molecule is Cc1ccc(-c2cc(C(F)(F)F)n3nc(C(=O)NCc4ccn(C)n4)cc3n2)cc1C. The first kappa shape index (κ1) is 20.6. The van der Waals surface area contributed by atoms with Crippen LogP contribution in [-0.2, 0) is 19.8 Å². The minimum absolute atomic E-state index is 0.0639. The number of amides is 1. The number of fused-ring (bicyclic) bond motifs is 1. The summed E-state index contributed by atoms with van der Waals surface area (Å²) in [6.07, 6.45) is -2.95. The van der Waals surface area contributed by atoms with Crippen LogP contribution in [-0.4, -0.2) is 30.3 Å². The molecule has 3 heterocycles. The predicted octanol–water partition coefficient (Wildman–Crippen LogP) is 3.70. The Morgan fingerprint density at radius 2 is 1.84 bits per heavy atom. The molecule has 160 valence electrons. The Morgan fingerprint density at radius 1 is 1.06 bits per heavy atom. The molecule has 4 aromatic rings. The molecule has 10 heteroatoms. The Labute approximate surface area is 175 Å². The Morgan fingerprint density at radius 3 is 2.48 bits per heavy atom. The molecule has 7 nitrogen and oxygen atoms in total. The molecule has 0 aliphatic carbocycles. The van der Waals surface area contributed by atoms with Crippen LogP contribution in [0, 0.1) is 13.8 Å². The molecule has 0 unspecified atom stereocenters. The van der Waals surface area contributed by atoms with Gasteiger partial charge < -0.3 is 5.32 Å². The van der Waals surface area contributed by atoms with Gasteiger partial charge in [-0.2, -0.15) is 23.4 Å². The summed E-state index contributed by atoms with van der Waals surface area (Å²) in [6.45, 7) is 3.93. The molecule has 0 saturated heterocycles. The van der Waals surface area contributed by atoms with Crippen molar-refractivity contribution in [3.05, 3.63) is 70.8 Å². The lowest BCUT2D eigenvalue weighted by Gasteiger charge is -2.11. The lowest BCUT2D eigenvalue weighted by molar-refractivity contribution is -0.142. The number of aryl methyl sites for hydroxylation is 3. The average molecular weight is 428 g/mol. The summed E-state index contributed by atoms with van der Waals surface area (Å²) in [5, 5.41) is 10.6. The molecule has 0 aliphatic heterocycles. The van der Waals surface area contributed by atoms with Gasteiger partial charge in [-0.05, 0) is 43.2 Å². The van der Waals surface area contributed by atoms with Crippen molar-refractivity contribution in [2.45, 2.75) is 26.6 Å². The van der Waals surface area contributed by atoms with Crippen LogP contribution < -0.4 is 5.32 Å². The van der Waals surface area contributed by atoms with Crippen molar-refractivity contribution in [2.75, 3.05) is 0 Å². The van der Waals surface area contributed by atoms with Crippen molar-refractivity contribution in [3.8, 4) is 11.3 Å². The monoisotopic (exact) mass is 428 g/mol. The Bertz CT molecular complexity index is 1290. The fourth-order valence-corrected chi connectivity index (χ4v) is 3.15. The first-order valence-corrected chi connectivity index (χ1v) is 9.44. The molecule has 0 fully saturated rings. The number of hydrogen-bond acceptors (Lipinski definition) is 4. The van der Waals surface area contributed by atoms with Gasteiger partial charge in [-0.3, -0.25) is 9.48 Å². The summed E-state index contributed by atoms with van der Waals surface area (Å²) in [4.78, 5) is 16.8. The van der Waals surface area contributed by atoms with E-state index >= 15 is 0 Å². The van der Waals surface area contributed by atoms with Gasteiger partial charge in [0.05, 0.1) is 17.9 Å². The van der Waals surface area contributed by atoms with E-state index in [0.717, 1.165) is 17.2 Å². The number of nitrogens with zero attached hydrogens (tertiary/aromatic N) is 5. The third-order valence-corrected chi connectivity index (χ3v) is 4.95. The minimum atomic E-state index is -4.68. The molecule has 31 heavy (non-hydrogen) atoms. The zero-order valence-corrected chi connectivity index (χ0v) is 17.0. The van der Waals surface area contributed by atoms with Gasteiger partial charge in [-0.15, -0.1) is 0 Å². The third-order valence-electron chi connectivity index (χ3n) is 4.95. The van der Waals surface area contributed by atoms with Crippen molar-refractivity contribution < 1.29 is 18.0 Å². The first-order valence-electron chi connectivity index (χ1n) is 9.44. The number of alkyl halides is 3. The lowest BCUT2D eigenvalue weighted by atomic mass is 10.0. The predicted molar refractivity (Wildman–Crippen MR) is 107 cm³/mol. The second kappa shape index (κ2) is 7.53. The highest BCUT2D eigenvalue weighted by atomic mass is 19.4. The fourth-order valence-electron chi connectivity index (χ4n) is 3.15. The minimum Gasteiger partial charge on any atom is -0.345 e. The summed E-state index contributed by atoms with van der Waals surface area (Å²) in [7, 11) is 1.74. The van der Waals surface area contributed by atoms with Gasteiger partial charge in [0.1, 0.15) is 0 Å².